The fraction of sp³-hybridized carbons (Fsp3) is 0.154. The molecule has 0 N–H and O–H groups in total. The first-order valence-electron chi connectivity index (χ1n) is 10.0. The van der Waals surface area contributed by atoms with Crippen LogP contribution in [-0.2, 0) is 0 Å². The third-order valence-electron chi connectivity index (χ3n) is 5.07. The highest BCUT2D eigenvalue weighted by Crippen LogP contribution is 2.40. The fourth-order valence-electron chi connectivity index (χ4n) is 3.61. The van der Waals surface area contributed by atoms with Crippen LogP contribution in [0.15, 0.2) is 90.1 Å². The molecule has 0 amide bonds. The zero-order valence-corrected chi connectivity index (χ0v) is 17.0. The molecule has 0 unspecified atom stereocenters. The molecule has 4 aromatic rings. The highest BCUT2D eigenvalue weighted by molar-refractivity contribution is 6.16. The summed E-state index contributed by atoms with van der Waals surface area (Å²) in [5.41, 5.74) is 3.25. The first-order valence-corrected chi connectivity index (χ1v) is 10.0. The molecule has 3 aromatic carbocycles. The van der Waals surface area contributed by atoms with Crippen LogP contribution in [0.4, 0.5) is 0 Å². The van der Waals surface area contributed by atoms with Crippen LogP contribution < -0.4 is 9.47 Å². The summed E-state index contributed by atoms with van der Waals surface area (Å²) < 4.78 is 12.6. The molecule has 1 aliphatic rings. The number of pyridine rings is 1. The Labute approximate surface area is 175 Å². The summed E-state index contributed by atoms with van der Waals surface area (Å²) in [5.74, 6) is 2.15. The van der Waals surface area contributed by atoms with Gasteiger partial charge in [-0.1, -0.05) is 42.5 Å². The molecule has 0 spiro atoms. The summed E-state index contributed by atoms with van der Waals surface area (Å²) in [5, 5.41) is 1.08. The third kappa shape index (κ3) is 3.52. The number of hydrogen-bond acceptors (Lipinski definition) is 4. The van der Waals surface area contributed by atoms with Crippen LogP contribution in [0.5, 0.6) is 17.2 Å². The average molecular weight is 394 g/mol. The van der Waals surface area contributed by atoms with Gasteiger partial charge in [0, 0.05) is 22.7 Å². The zero-order chi connectivity index (χ0) is 20.6. The second-order valence-electron chi connectivity index (χ2n) is 7.99. The number of rotatable bonds is 3. The maximum atomic E-state index is 6.43. The molecule has 0 radical (unpaired) electrons. The standard InChI is InChI=1S/C26H22N2O2/c1-26(2)17-28-24(19-15-18-9-6-7-13-22(18)27-16-19)21-12-8-14-23(25(21)30-26)29-20-10-4-3-5-11-20/h3-16H,17H2,1-2H3. The number of nitrogens with zero attached hydrogens (tertiary/aromatic N) is 2. The number of benzene rings is 3. The van der Waals surface area contributed by atoms with Crippen LogP contribution in [0.2, 0.25) is 0 Å². The maximum absolute atomic E-state index is 6.43. The third-order valence-corrected chi connectivity index (χ3v) is 5.07. The van der Waals surface area contributed by atoms with E-state index >= 15 is 0 Å². The highest BCUT2D eigenvalue weighted by Gasteiger charge is 2.29. The Balaban J connectivity index is 1.65. The lowest BCUT2D eigenvalue weighted by atomic mass is 10.0. The predicted octanol–water partition coefficient (Wildman–Crippen LogP) is 6.04. The van der Waals surface area contributed by atoms with Crippen molar-refractivity contribution in [2.75, 3.05) is 6.54 Å². The second kappa shape index (κ2) is 7.30. The number of aromatic nitrogens is 1. The lowest BCUT2D eigenvalue weighted by molar-refractivity contribution is 0.117. The van der Waals surface area contributed by atoms with Gasteiger partial charge in [0.1, 0.15) is 11.4 Å². The van der Waals surface area contributed by atoms with Gasteiger partial charge in [0.05, 0.1) is 17.8 Å². The number of fused-ring (bicyclic) bond motifs is 2. The monoisotopic (exact) mass is 394 g/mol. The van der Waals surface area contributed by atoms with E-state index in [0.717, 1.165) is 33.5 Å². The molecule has 30 heavy (non-hydrogen) atoms. The molecule has 2 heterocycles. The van der Waals surface area contributed by atoms with Gasteiger partial charge >= 0.3 is 0 Å². The fourth-order valence-corrected chi connectivity index (χ4v) is 3.61. The highest BCUT2D eigenvalue weighted by atomic mass is 16.5. The summed E-state index contributed by atoms with van der Waals surface area (Å²) >= 11 is 0. The van der Waals surface area contributed by atoms with Crippen LogP contribution in [0, 0.1) is 0 Å². The number of hydrogen-bond donors (Lipinski definition) is 0. The summed E-state index contributed by atoms with van der Waals surface area (Å²) in [6.07, 6.45) is 1.88. The minimum Gasteiger partial charge on any atom is -0.481 e. The molecule has 0 aliphatic carbocycles. The van der Waals surface area contributed by atoms with E-state index in [0.29, 0.717) is 18.0 Å². The Hall–Kier alpha value is -3.66. The second-order valence-corrected chi connectivity index (χ2v) is 7.99. The van der Waals surface area contributed by atoms with Crippen molar-refractivity contribution in [3.8, 4) is 17.2 Å². The first kappa shape index (κ1) is 18.4. The van der Waals surface area contributed by atoms with Crippen molar-refractivity contribution in [3.05, 3.63) is 96.2 Å². The molecule has 148 valence electrons. The Morgan fingerprint density at radius 2 is 1.70 bits per heavy atom. The van der Waals surface area contributed by atoms with E-state index in [1.807, 2.05) is 86.8 Å². The molecule has 1 aliphatic heterocycles. The molecular weight excluding hydrogens is 372 g/mol. The van der Waals surface area contributed by atoms with Crippen LogP contribution in [0.25, 0.3) is 10.9 Å². The Morgan fingerprint density at radius 1 is 0.900 bits per heavy atom. The number of aliphatic imine (C=N–C) groups is 1. The van der Waals surface area contributed by atoms with Gasteiger partial charge in [-0.2, -0.15) is 0 Å². The predicted molar refractivity (Wildman–Crippen MR) is 120 cm³/mol. The molecule has 0 saturated heterocycles. The van der Waals surface area contributed by atoms with E-state index in [1.54, 1.807) is 0 Å². The van der Waals surface area contributed by atoms with Crippen LogP contribution in [-0.4, -0.2) is 22.8 Å². The summed E-state index contributed by atoms with van der Waals surface area (Å²) in [6.45, 7) is 4.62. The van der Waals surface area contributed by atoms with Crippen LogP contribution in [0.1, 0.15) is 25.0 Å². The lowest BCUT2D eigenvalue weighted by Gasteiger charge is -2.25. The van der Waals surface area contributed by atoms with Gasteiger partial charge < -0.3 is 9.47 Å². The van der Waals surface area contributed by atoms with E-state index in [2.05, 4.69) is 17.1 Å². The smallest absolute Gasteiger partial charge is 0.172 e. The number of ether oxygens (including phenoxy) is 2. The first-order chi connectivity index (χ1) is 14.6. The molecule has 4 heteroatoms. The summed E-state index contributed by atoms with van der Waals surface area (Å²) in [4.78, 5) is 9.57. The van der Waals surface area contributed by atoms with Gasteiger partial charge in [0.2, 0.25) is 0 Å². The van der Waals surface area contributed by atoms with Crippen molar-refractivity contribution >= 4 is 16.6 Å². The average Bonchev–Trinajstić information content (AvgIpc) is 2.90. The Morgan fingerprint density at radius 3 is 2.57 bits per heavy atom. The minimum absolute atomic E-state index is 0.461. The molecule has 0 fully saturated rings. The molecule has 0 saturated carbocycles. The normalized spacial score (nSPS) is 14.9. The summed E-state index contributed by atoms with van der Waals surface area (Å²) in [7, 11) is 0. The van der Waals surface area contributed by atoms with Crippen molar-refractivity contribution in [2.24, 2.45) is 4.99 Å². The lowest BCUT2D eigenvalue weighted by Crippen LogP contribution is -2.31. The van der Waals surface area contributed by atoms with Crippen molar-refractivity contribution in [3.63, 3.8) is 0 Å². The molecule has 0 bridgehead atoms. The van der Waals surface area contributed by atoms with Crippen molar-refractivity contribution in [1.29, 1.82) is 0 Å². The van der Waals surface area contributed by atoms with E-state index in [-0.39, 0.29) is 0 Å². The van der Waals surface area contributed by atoms with Gasteiger partial charge in [-0.05, 0) is 50.2 Å². The molecule has 1 aromatic heterocycles. The van der Waals surface area contributed by atoms with Gasteiger partial charge in [0.25, 0.3) is 0 Å². The summed E-state index contributed by atoms with van der Waals surface area (Å²) in [6, 6.07) is 25.9. The topological polar surface area (TPSA) is 43.7 Å². The van der Waals surface area contributed by atoms with E-state index in [1.165, 1.54) is 0 Å². The van der Waals surface area contributed by atoms with Crippen molar-refractivity contribution < 1.29 is 9.47 Å². The van der Waals surface area contributed by atoms with Crippen LogP contribution in [0.3, 0.4) is 0 Å². The van der Waals surface area contributed by atoms with E-state index in [9.17, 15) is 0 Å². The SMILES string of the molecule is CC1(C)CN=C(c2cnc3ccccc3c2)c2cccc(Oc3ccccc3)c2O1. The quantitative estimate of drug-likeness (QED) is 0.426. The minimum atomic E-state index is -0.461. The maximum Gasteiger partial charge on any atom is 0.172 e. The number of para-hydroxylation sites is 3. The van der Waals surface area contributed by atoms with Gasteiger partial charge in [-0.25, -0.2) is 0 Å². The largest absolute Gasteiger partial charge is 0.481 e. The zero-order valence-electron chi connectivity index (χ0n) is 17.0. The van der Waals surface area contributed by atoms with Crippen molar-refractivity contribution in [1.82, 2.24) is 4.98 Å². The molecule has 0 atom stereocenters. The Bertz CT molecular complexity index is 1250. The van der Waals surface area contributed by atoms with Crippen molar-refractivity contribution in [2.45, 2.75) is 19.4 Å². The van der Waals surface area contributed by atoms with E-state index < -0.39 is 5.60 Å². The van der Waals surface area contributed by atoms with E-state index in [4.69, 9.17) is 14.5 Å². The Kier molecular flexibility index (Phi) is 4.47. The van der Waals surface area contributed by atoms with Gasteiger partial charge in [-0.3, -0.25) is 9.98 Å². The van der Waals surface area contributed by atoms with Gasteiger partial charge in [-0.15, -0.1) is 0 Å². The molecule has 4 nitrogen and oxygen atoms in total. The molecular formula is C26H22N2O2. The van der Waals surface area contributed by atoms with Gasteiger partial charge in [0.15, 0.2) is 11.5 Å². The van der Waals surface area contributed by atoms with Crippen LogP contribution >= 0.6 is 0 Å². The molecule has 5 rings (SSSR count).